The molecule has 0 aliphatic carbocycles. The van der Waals surface area contributed by atoms with Crippen LogP contribution in [0.1, 0.15) is 17.6 Å². The van der Waals surface area contributed by atoms with Gasteiger partial charge in [-0.3, -0.25) is 0 Å². The second kappa shape index (κ2) is 7.08. The molecule has 3 heterocycles. The lowest BCUT2D eigenvalue weighted by molar-refractivity contribution is 0.0794. The molecule has 11 heteroatoms. The number of nitrogens with one attached hydrogen (secondary N) is 1. The first-order valence-electron chi connectivity index (χ1n) is 6.91. The van der Waals surface area contributed by atoms with Crippen LogP contribution in [0.3, 0.4) is 0 Å². The molecule has 0 saturated heterocycles. The Kier molecular flexibility index (Phi) is 4.70. The van der Waals surface area contributed by atoms with E-state index in [1.54, 1.807) is 12.5 Å². The molecule has 3 aromatic heterocycles. The van der Waals surface area contributed by atoms with Crippen molar-refractivity contribution in [3.63, 3.8) is 0 Å². The van der Waals surface area contributed by atoms with Crippen LogP contribution >= 0.6 is 0 Å². The number of nitrogens with zero attached hydrogens (tertiary/aromatic N) is 5. The van der Waals surface area contributed by atoms with Gasteiger partial charge in [-0.1, -0.05) is 5.16 Å². The third kappa shape index (κ3) is 3.87. The Hall–Kier alpha value is -2.95. The Labute approximate surface area is 134 Å². The number of nitrogens with two attached hydrogens (primary N) is 1. The summed E-state index contributed by atoms with van der Waals surface area (Å²) in [4.78, 5) is 18.9. The Balaban J connectivity index is 1.66. The minimum atomic E-state index is -2.58. The SMILES string of the molecule is N[C@@H](Cc1cnc[nH]1)c1nc(-c2cnc(OCC(F)F)cn2)no1. The molecule has 0 unspecified atom stereocenters. The lowest BCUT2D eigenvalue weighted by atomic mass is 10.2. The van der Waals surface area contributed by atoms with Crippen LogP contribution < -0.4 is 10.5 Å². The normalized spacial score (nSPS) is 12.5. The monoisotopic (exact) mass is 337 g/mol. The van der Waals surface area contributed by atoms with Crippen LogP contribution in [0, 0.1) is 0 Å². The van der Waals surface area contributed by atoms with Gasteiger partial charge in [0, 0.05) is 18.3 Å². The van der Waals surface area contributed by atoms with E-state index in [1.165, 1.54) is 12.4 Å². The first-order chi connectivity index (χ1) is 11.6. The smallest absolute Gasteiger partial charge is 0.272 e. The molecule has 0 aliphatic heterocycles. The molecule has 126 valence electrons. The van der Waals surface area contributed by atoms with Crippen molar-refractivity contribution < 1.29 is 18.0 Å². The number of ether oxygens (including phenoxy) is 1. The van der Waals surface area contributed by atoms with Crippen LogP contribution in [-0.4, -0.2) is 43.1 Å². The summed E-state index contributed by atoms with van der Waals surface area (Å²) in [6.07, 6.45) is 3.58. The summed E-state index contributed by atoms with van der Waals surface area (Å²) in [6, 6.07) is -0.506. The van der Waals surface area contributed by atoms with Crippen molar-refractivity contribution >= 4 is 0 Å². The van der Waals surface area contributed by atoms with Crippen LogP contribution in [0.4, 0.5) is 8.78 Å². The van der Waals surface area contributed by atoms with E-state index in [0.717, 1.165) is 5.69 Å². The van der Waals surface area contributed by atoms with Crippen molar-refractivity contribution in [2.24, 2.45) is 5.73 Å². The van der Waals surface area contributed by atoms with E-state index >= 15 is 0 Å². The summed E-state index contributed by atoms with van der Waals surface area (Å²) in [5.41, 5.74) is 7.14. The first kappa shape index (κ1) is 15.9. The quantitative estimate of drug-likeness (QED) is 0.656. The first-order valence-corrected chi connectivity index (χ1v) is 6.91. The van der Waals surface area contributed by atoms with Crippen LogP contribution in [0.2, 0.25) is 0 Å². The van der Waals surface area contributed by atoms with Crippen molar-refractivity contribution in [1.82, 2.24) is 30.1 Å². The average Bonchev–Trinajstić information content (AvgIpc) is 3.25. The molecule has 0 bridgehead atoms. The second-order valence-electron chi connectivity index (χ2n) is 4.79. The zero-order chi connectivity index (χ0) is 16.9. The molecular weight excluding hydrogens is 324 g/mol. The number of alkyl halides is 2. The van der Waals surface area contributed by atoms with E-state index in [1.807, 2.05) is 0 Å². The number of imidazole rings is 1. The molecule has 0 amide bonds. The minimum Gasteiger partial charge on any atom is -0.470 e. The Morgan fingerprint density at radius 2 is 2.12 bits per heavy atom. The lowest BCUT2D eigenvalue weighted by Crippen LogP contribution is -2.14. The molecule has 9 nitrogen and oxygen atoms in total. The Morgan fingerprint density at radius 1 is 1.25 bits per heavy atom. The molecule has 1 atom stereocenters. The summed E-state index contributed by atoms with van der Waals surface area (Å²) in [5.74, 6) is 0.413. The maximum absolute atomic E-state index is 12.1. The highest BCUT2D eigenvalue weighted by Gasteiger charge is 2.18. The number of hydrogen-bond acceptors (Lipinski definition) is 8. The highest BCUT2D eigenvalue weighted by Crippen LogP contribution is 2.18. The van der Waals surface area contributed by atoms with E-state index in [2.05, 4.69) is 30.1 Å². The summed E-state index contributed by atoms with van der Waals surface area (Å²) in [6.45, 7) is -0.747. The molecular formula is C13H13F2N7O2. The van der Waals surface area contributed by atoms with Gasteiger partial charge in [0.1, 0.15) is 5.69 Å². The van der Waals surface area contributed by atoms with Gasteiger partial charge in [-0.2, -0.15) is 4.98 Å². The number of aromatic amines is 1. The lowest BCUT2D eigenvalue weighted by Gasteiger charge is -2.04. The number of H-pyrrole nitrogens is 1. The van der Waals surface area contributed by atoms with Crippen LogP contribution in [0.25, 0.3) is 11.5 Å². The Bertz CT molecular complexity index is 761. The van der Waals surface area contributed by atoms with Gasteiger partial charge in [0.25, 0.3) is 6.43 Å². The summed E-state index contributed by atoms with van der Waals surface area (Å²) in [7, 11) is 0. The third-order valence-electron chi connectivity index (χ3n) is 2.97. The standard InChI is InChI=1S/C13H13F2N7O2/c14-10(15)5-23-11-4-18-9(3-19-11)12-21-13(24-22-12)8(16)1-7-2-17-6-20-7/h2-4,6,8,10H,1,5,16H2,(H,17,20)/t8-/m0/s1. The fourth-order valence-electron chi connectivity index (χ4n) is 1.86. The second-order valence-corrected chi connectivity index (χ2v) is 4.79. The van der Waals surface area contributed by atoms with Gasteiger partial charge in [0.15, 0.2) is 6.61 Å². The fraction of sp³-hybridized carbons (Fsp3) is 0.308. The molecule has 0 radical (unpaired) electrons. The van der Waals surface area contributed by atoms with Crippen molar-refractivity contribution in [3.8, 4) is 17.4 Å². The predicted molar refractivity (Wildman–Crippen MR) is 76.0 cm³/mol. The molecule has 0 spiro atoms. The van der Waals surface area contributed by atoms with Crippen molar-refractivity contribution in [1.29, 1.82) is 0 Å². The predicted octanol–water partition coefficient (Wildman–Crippen LogP) is 1.14. The largest absolute Gasteiger partial charge is 0.470 e. The molecule has 0 fully saturated rings. The summed E-state index contributed by atoms with van der Waals surface area (Å²) >= 11 is 0. The van der Waals surface area contributed by atoms with E-state index in [9.17, 15) is 8.78 Å². The summed E-state index contributed by atoms with van der Waals surface area (Å²) in [5, 5.41) is 3.79. The zero-order valence-corrected chi connectivity index (χ0v) is 12.3. The average molecular weight is 337 g/mol. The molecule has 3 aromatic rings. The highest BCUT2D eigenvalue weighted by molar-refractivity contribution is 5.46. The number of aromatic nitrogens is 6. The van der Waals surface area contributed by atoms with Gasteiger partial charge in [0.2, 0.25) is 17.6 Å². The minimum absolute atomic E-state index is 0.0151. The molecule has 0 saturated carbocycles. The molecule has 3 N–H and O–H groups in total. The molecule has 0 aliphatic rings. The van der Waals surface area contributed by atoms with Gasteiger partial charge in [-0.25, -0.2) is 23.7 Å². The van der Waals surface area contributed by atoms with Crippen molar-refractivity contribution in [2.75, 3.05) is 6.61 Å². The molecule has 3 rings (SSSR count). The van der Waals surface area contributed by atoms with Crippen molar-refractivity contribution in [3.05, 3.63) is 36.5 Å². The van der Waals surface area contributed by atoms with Gasteiger partial charge in [0.05, 0.1) is 24.8 Å². The highest BCUT2D eigenvalue weighted by atomic mass is 19.3. The van der Waals surface area contributed by atoms with Gasteiger partial charge in [-0.15, -0.1) is 0 Å². The third-order valence-corrected chi connectivity index (χ3v) is 2.97. The van der Waals surface area contributed by atoms with E-state index in [0.29, 0.717) is 12.1 Å². The number of rotatable bonds is 7. The number of halogens is 2. The van der Waals surface area contributed by atoms with Crippen LogP contribution in [-0.2, 0) is 6.42 Å². The fourth-order valence-corrected chi connectivity index (χ4v) is 1.86. The van der Waals surface area contributed by atoms with Crippen molar-refractivity contribution in [2.45, 2.75) is 18.9 Å². The maximum atomic E-state index is 12.1. The van der Waals surface area contributed by atoms with Crippen LogP contribution in [0.15, 0.2) is 29.4 Å². The van der Waals surface area contributed by atoms with Gasteiger partial charge >= 0.3 is 0 Å². The topological polar surface area (TPSA) is 129 Å². The zero-order valence-electron chi connectivity index (χ0n) is 12.3. The summed E-state index contributed by atoms with van der Waals surface area (Å²) < 4.78 is 34.0. The van der Waals surface area contributed by atoms with Gasteiger partial charge < -0.3 is 20.0 Å². The van der Waals surface area contributed by atoms with E-state index in [-0.39, 0.29) is 17.6 Å². The molecule has 24 heavy (non-hydrogen) atoms. The number of hydrogen-bond donors (Lipinski definition) is 2. The van der Waals surface area contributed by atoms with Crippen LogP contribution in [0.5, 0.6) is 5.88 Å². The van der Waals surface area contributed by atoms with E-state index in [4.69, 9.17) is 15.0 Å². The van der Waals surface area contributed by atoms with Gasteiger partial charge in [-0.05, 0) is 0 Å². The molecule has 0 aromatic carbocycles. The Morgan fingerprint density at radius 3 is 2.79 bits per heavy atom. The van der Waals surface area contributed by atoms with E-state index < -0.39 is 19.1 Å². The maximum Gasteiger partial charge on any atom is 0.272 e.